The summed E-state index contributed by atoms with van der Waals surface area (Å²) in [4.78, 5) is 4.58. The first kappa shape index (κ1) is 15.2. The number of thiazole rings is 1. The van der Waals surface area contributed by atoms with Crippen molar-refractivity contribution in [1.82, 2.24) is 20.1 Å². The van der Waals surface area contributed by atoms with Gasteiger partial charge >= 0.3 is 0 Å². The highest BCUT2D eigenvalue weighted by Crippen LogP contribution is 2.21. The van der Waals surface area contributed by atoms with Crippen LogP contribution in [0.4, 0.5) is 0 Å². The fraction of sp³-hybridized carbons (Fsp3) is 0.571. The zero-order valence-electron chi connectivity index (χ0n) is 12.7. The molecule has 2 rings (SSSR count). The smallest absolute Gasteiger partial charge is 0.122 e. The Morgan fingerprint density at radius 3 is 2.80 bits per heavy atom. The van der Waals surface area contributed by atoms with Crippen molar-refractivity contribution in [3.63, 3.8) is 0 Å². The second-order valence-corrected chi connectivity index (χ2v) is 5.86. The molecule has 5 nitrogen and oxygen atoms in total. The third-order valence-electron chi connectivity index (χ3n) is 3.60. The van der Waals surface area contributed by atoms with Crippen LogP contribution in [0.1, 0.15) is 48.0 Å². The number of aryl methyl sites for hydroxylation is 1. The van der Waals surface area contributed by atoms with E-state index in [1.54, 1.807) is 18.4 Å². The maximum absolute atomic E-state index is 5.28. The number of rotatable bonds is 6. The summed E-state index contributed by atoms with van der Waals surface area (Å²) in [5.41, 5.74) is 3.48. The summed E-state index contributed by atoms with van der Waals surface area (Å²) >= 11 is 1.64. The van der Waals surface area contributed by atoms with E-state index in [9.17, 15) is 0 Å². The maximum atomic E-state index is 5.28. The van der Waals surface area contributed by atoms with E-state index in [2.05, 4.69) is 34.6 Å². The third-order valence-corrected chi connectivity index (χ3v) is 4.65. The minimum atomic E-state index is 0.0618. The van der Waals surface area contributed by atoms with Crippen molar-refractivity contribution in [3.05, 3.63) is 33.5 Å². The number of nitrogens with one attached hydrogen (secondary N) is 1. The number of methoxy groups -OCH3 is 1. The van der Waals surface area contributed by atoms with Crippen LogP contribution in [0, 0.1) is 6.92 Å². The fourth-order valence-electron chi connectivity index (χ4n) is 2.00. The molecule has 0 aliphatic rings. The zero-order chi connectivity index (χ0) is 14.7. The van der Waals surface area contributed by atoms with E-state index in [0.29, 0.717) is 0 Å². The van der Waals surface area contributed by atoms with E-state index in [4.69, 9.17) is 4.74 Å². The molecule has 2 atom stereocenters. The molecule has 0 fully saturated rings. The molecule has 2 heterocycles. The average Bonchev–Trinajstić information content (AvgIpc) is 3.04. The van der Waals surface area contributed by atoms with Gasteiger partial charge < -0.3 is 10.1 Å². The molecule has 110 valence electrons. The van der Waals surface area contributed by atoms with Gasteiger partial charge in [0.15, 0.2) is 0 Å². The molecule has 0 radical (unpaired) electrons. The van der Waals surface area contributed by atoms with E-state index in [1.165, 1.54) is 11.3 Å². The topological polar surface area (TPSA) is 52.0 Å². The Bertz CT molecular complexity index is 563. The lowest BCUT2D eigenvalue weighted by molar-refractivity contribution is 0.119. The first-order valence-electron chi connectivity index (χ1n) is 6.72. The highest BCUT2D eigenvalue weighted by atomic mass is 32.1. The van der Waals surface area contributed by atoms with Crippen molar-refractivity contribution in [3.8, 4) is 0 Å². The van der Waals surface area contributed by atoms with E-state index in [0.717, 1.165) is 17.2 Å². The lowest BCUT2D eigenvalue weighted by atomic mass is 10.1. The number of ether oxygens (including phenoxy) is 1. The number of hydrogen-bond acceptors (Lipinski definition) is 5. The molecule has 0 unspecified atom stereocenters. The molecule has 0 aromatic carbocycles. The van der Waals surface area contributed by atoms with Crippen LogP contribution < -0.4 is 5.32 Å². The number of nitrogens with zero attached hydrogens (tertiary/aromatic N) is 3. The maximum Gasteiger partial charge on any atom is 0.122 e. The summed E-state index contributed by atoms with van der Waals surface area (Å²) in [6.45, 7) is 7.00. The highest BCUT2D eigenvalue weighted by molar-refractivity contribution is 7.09. The van der Waals surface area contributed by atoms with Crippen LogP contribution in [0.15, 0.2) is 11.6 Å². The molecule has 2 aromatic heterocycles. The van der Waals surface area contributed by atoms with Gasteiger partial charge in [-0.05, 0) is 20.8 Å². The van der Waals surface area contributed by atoms with Gasteiger partial charge in [-0.25, -0.2) is 4.98 Å². The van der Waals surface area contributed by atoms with Gasteiger partial charge in [0.1, 0.15) is 11.1 Å². The van der Waals surface area contributed by atoms with Crippen molar-refractivity contribution < 1.29 is 4.74 Å². The van der Waals surface area contributed by atoms with Crippen molar-refractivity contribution in [2.75, 3.05) is 7.11 Å². The molecule has 0 aliphatic carbocycles. The van der Waals surface area contributed by atoms with E-state index < -0.39 is 0 Å². The Kier molecular flexibility index (Phi) is 4.91. The van der Waals surface area contributed by atoms with Gasteiger partial charge in [0, 0.05) is 43.4 Å². The molecule has 0 aliphatic heterocycles. The molecule has 0 spiro atoms. The monoisotopic (exact) mass is 294 g/mol. The first-order valence-corrected chi connectivity index (χ1v) is 7.59. The standard InChI is InChI=1S/C14H22N4OS/c1-9(13-7-16-18(4)10(13)2)15-6-12-8-20-14(17-12)11(3)19-5/h7-9,11,15H,6H2,1-5H3/t9-,11+/m0/s1. The lowest BCUT2D eigenvalue weighted by Gasteiger charge is -2.12. The third kappa shape index (κ3) is 3.26. The summed E-state index contributed by atoms with van der Waals surface area (Å²) in [6.07, 6.45) is 1.98. The van der Waals surface area contributed by atoms with Crippen LogP contribution in [0.5, 0.6) is 0 Å². The van der Waals surface area contributed by atoms with Gasteiger partial charge in [-0.2, -0.15) is 5.10 Å². The van der Waals surface area contributed by atoms with Gasteiger partial charge in [0.2, 0.25) is 0 Å². The molecular weight excluding hydrogens is 272 g/mol. The summed E-state index contributed by atoms with van der Waals surface area (Å²) in [7, 11) is 3.67. The van der Waals surface area contributed by atoms with Crippen molar-refractivity contribution in [1.29, 1.82) is 0 Å². The van der Waals surface area contributed by atoms with Gasteiger partial charge in [-0.3, -0.25) is 4.68 Å². The predicted molar refractivity (Wildman–Crippen MR) is 80.7 cm³/mol. The Hall–Kier alpha value is -1.24. The molecule has 20 heavy (non-hydrogen) atoms. The van der Waals surface area contributed by atoms with E-state index >= 15 is 0 Å². The normalized spacial score (nSPS) is 14.4. The minimum Gasteiger partial charge on any atom is -0.375 e. The molecular formula is C14H22N4OS. The van der Waals surface area contributed by atoms with Gasteiger partial charge in [-0.15, -0.1) is 11.3 Å². The van der Waals surface area contributed by atoms with Gasteiger partial charge in [-0.1, -0.05) is 0 Å². The van der Waals surface area contributed by atoms with Crippen molar-refractivity contribution in [2.24, 2.45) is 7.05 Å². The van der Waals surface area contributed by atoms with Crippen molar-refractivity contribution >= 4 is 11.3 Å². The summed E-state index contributed by atoms with van der Waals surface area (Å²) < 4.78 is 7.18. The lowest BCUT2D eigenvalue weighted by Crippen LogP contribution is -2.19. The summed E-state index contributed by atoms with van der Waals surface area (Å²) in [6, 6.07) is 0.258. The van der Waals surface area contributed by atoms with Crippen molar-refractivity contribution in [2.45, 2.75) is 39.5 Å². The first-order chi connectivity index (χ1) is 9.52. The highest BCUT2D eigenvalue weighted by Gasteiger charge is 2.13. The number of aromatic nitrogens is 3. The Morgan fingerprint density at radius 2 is 2.20 bits per heavy atom. The van der Waals surface area contributed by atoms with Crippen LogP contribution in [-0.2, 0) is 18.3 Å². The van der Waals surface area contributed by atoms with Crippen LogP contribution >= 0.6 is 11.3 Å². The van der Waals surface area contributed by atoms with E-state index in [1.807, 2.05) is 24.9 Å². The summed E-state index contributed by atoms with van der Waals surface area (Å²) in [5.74, 6) is 0. The van der Waals surface area contributed by atoms with Crippen LogP contribution in [-0.4, -0.2) is 21.9 Å². The van der Waals surface area contributed by atoms with Crippen LogP contribution in [0.3, 0.4) is 0 Å². The molecule has 6 heteroatoms. The predicted octanol–water partition coefficient (Wildman–Crippen LogP) is 2.74. The zero-order valence-corrected chi connectivity index (χ0v) is 13.5. The Labute approximate surface area is 124 Å². The molecule has 2 aromatic rings. The Morgan fingerprint density at radius 1 is 1.45 bits per heavy atom. The van der Waals surface area contributed by atoms with Gasteiger partial charge in [0.25, 0.3) is 0 Å². The van der Waals surface area contributed by atoms with Crippen LogP contribution in [0.2, 0.25) is 0 Å². The fourth-order valence-corrected chi connectivity index (χ4v) is 2.85. The summed E-state index contributed by atoms with van der Waals surface area (Å²) in [5, 5.41) is 10.9. The molecule has 0 saturated heterocycles. The molecule has 0 saturated carbocycles. The number of hydrogen-bond donors (Lipinski definition) is 1. The molecule has 1 N–H and O–H groups in total. The minimum absolute atomic E-state index is 0.0618. The SMILES string of the molecule is CO[C@H](C)c1nc(CN[C@@H](C)c2cnn(C)c2C)cs1. The largest absolute Gasteiger partial charge is 0.375 e. The second-order valence-electron chi connectivity index (χ2n) is 4.97. The average molecular weight is 294 g/mol. The molecule has 0 bridgehead atoms. The second kappa shape index (κ2) is 6.47. The van der Waals surface area contributed by atoms with E-state index in [-0.39, 0.29) is 12.1 Å². The quantitative estimate of drug-likeness (QED) is 0.890. The Balaban J connectivity index is 1.95. The molecule has 0 amide bonds. The van der Waals surface area contributed by atoms with Crippen LogP contribution in [0.25, 0.3) is 0 Å². The van der Waals surface area contributed by atoms with Gasteiger partial charge in [0.05, 0.1) is 11.9 Å².